The molecule has 0 amide bonds. The predicted molar refractivity (Wildman–Crippen MR) is 60.2 cm³/mol. The Balaban J connectivity index is 1.82. The lowest BCUT2D eigenvalue weighted by molar-refractivity contribution is 0.167. The van der Waals surface area contributed by atoms with E-state index in [9.17, 15) is 0 Å². The van der Waals surface area contributed by atoms with E-state index in [0.29, 0.717) is 11.0 Å². The molecule has 2 aliphatic rings. The van der Waals surface area contributed by atoms with Crippen molar-refractivity contribution < 1.29 is 0 Å². The Morgan fingerprint density at radius 2 is 1.71 bits per heavy atom. The summed E-state index contributed by atoms with van der Waals surface area (Å²) < 4.78 is 0. The van der Waals surface area contributed by atoms with Gasteiger partial charge in [-0.3, -0.25) is 0 Å². The lowest BCUT2D eigenvalue weighted by Crippen LogP contribution is -2.52. The van der Waals surface area contributed by atoms with Gasteiger partial charge in [-0.15, -0.1) is 0 Å². The molecule has 0 heterocycles. The molecule has 3 N–H and O–H groups in total. The molecular weight excluding hydrogens is 172 g/mol. The standard InChI is InChI=1S/C12H24N2/c1-11(5-4-6-11)14-10-12(9-13)7-2-3-8-12/h14H,2-10,13H2,1H3. The van der Waals surface area contributed by atoms with Crippen LogP contribution >= 0.6 is 0 Å². The van der Waals surface area contributed by atoms with Crippen molar-refractivity contribution in [3.8, 4) is 0 Å². The molecule has 0 atom stereocenters. The molecular formula is C12H24N2. The van der Waals surface area contributed by atoms with Gasteiger partial charge in [-0.2, -0.15) is 0 Å². The van der Waals surface area contributed by atoms with E-state index in [1.54, 1.807) is 0 Å². The lowest BCUT2D eigenvalue weighted by Gasteiger charge is -2.42. The number of hydrogen-bond donors (Lipinski definition) is 2. The summed E-state index contributed by atoms with van der Waals surface area (Å²) in [5.74, 6) is 0. The smallest absolute Gasteiger partial charge is 0.0153 e. The van der Waals surface area contributed by atoms with Crippen LogP contribution in [0.5, 0.6) is 0 Å². The van der Waals surface area contributed by atoms with Crippen molar-refractivity contribution in [2.45, 2.75) is 57.4 Å². The van der Waals surface area contributed by atoms with Crippen molar-refractivity contribution in [2.75, 3.05) is 13.1 Å². The average Bonchev–Trinajstić information content (AvgIpc) is 2.61. The predicted octanol–water partition coefficient (Wildman–Crippen LogP) is 2.04. The van der Waals surface area contributed by atoms with Crippen LogP contribution < -0.4 is 11.1 Å². The van der Waals surface area contributed by atoms with E-state index in [2.05, 4.69) is 12.2 Å². The highest BCUT2D eigenvalue weighted by Gasteiger charge is 2.37. The second-order valence-corrected chi connectivity index (χ2v) is 5.68. The van der Waals surface area contributed by atoms with Crippen LogP contribution in [-0.4, -0.2) is 18.6 Å². The molecule has 2 saturated carbocycles. The quantitative estimate of drug-likeness (QED) is 0.722. The Kier molecular flexibility index (Phi) is 2.85. The maximum Gasteiger partial charge on any atom is 0.0153 e. The summed E-state index contributed by atoms with van der Waals surface area (Å²) in [4.78, 5) is 0. The second kappa shape index (κ2) is 3.82. The van der Waals surface area contributed by atoms with Gasteiger partial charge in [0, 0.05) is 12.1 Å². The highest BCUT2D eigenvalue weighted by Crippen LogP contribution is 2.38. The summed E-state index contributed by atoms with van der Waals surface area (Å²) in [6.45, 7) is 4.38. The monoisotopic (exact) mass is 196 g/mol. The van der Waals surface area contributed by atoms with Gasteiger partial charge in [-0.25, -0.2) is 0 Å². The van der Waals surface area contributed by atoms with E-state index >= 15 is 0 Å². The highest BCUT2D eigenvalue weighted by atomic mass is 15.0. The Morgan fingerprint density at radius 3 is 2.14 bits per heavy atom. The van der Waals surface area contributed by atoms with Crippen molar-refractivity contribution >= 4 is 0 Å². The van der Waals surface area contributed by atoms with Crippen LogP contribution in [0.1, 0.15) is 51.9 Å². The molecule has 0 saturated heterocycles. The van der Waals surface area contributed by atoms with Gasteiger partial charge in [-0.05, 0) is 51.0 Å². The fourth-order valence-electron chi connectivity index (χ4n) is 2.86. The summed E-state index contributed by atoms with van der Waals surface area (Å²) in [5.41, 5.74) is 6.81. The topological polar surface area (TPSA) is 38.0 Å². The zero-order valence-electron chi connectivity index (χ0n) is 9.44. The zero-order chi connectivity index (χ0) is 10.1. The second-order valence-electron chi connectivity index (χ2n) is 5.68. The van der Waals surface area contributed by atoms with Crippen LogP contribution in [0.4, 0.5) is 0 Å². The summed E-state index contributed by atoms with van der Waals surface area (Å²) in [6.07, 6.45) is 9.56. The molecule has 0 aliphatic heterocycles. The molecule has 0 aromatic rings. The molecule has 14 heavy (non-hydrogen) atoms. The van der Waals surface area contributed by atoms with E-state index in [1.165, 1.54) is 44.9 Å². The molecule has 0 aromatic carbocycles. The van der Waals surface area contributed by atoms with Gasteiger partial charge in [-0.1, -0.05) is 12.8 Å². The van der Waals surface area contributed by atoms with Crippen molar-refractivity contribution in [2.24, 2.45) is 11.1 Å². The average molecular weight is 196 g/mol. The molecule has 0 spiro atoms. The minimum absolute atomic E-state index is 0.443. The van der Waals surface area contributed by atoms with Crippen molar-refractivity contribution in [1.82, 2.24) is 5.32 Å². The largest absolute Gasteiger partial charge is 0.330 e. The summed E-state index contributed by atoms with van der Waals surface area (Å²) in [6, 6.07) is 0. The molecule has 0 aromatic heterocycles. The van der Waals surface area contributed by atoms with Gasteiger partial charge >= 0.3 is 0 Å². The highest BCUT2D eigenvalue weighted by molar-refractivity contribution is 4.95. The third kappa shape index (κ3) is 1.96. The molecule has 2 nitrogen and oxygen atoms in total. The minimum atomic E-state index is 0.443. The molecule has 2 heteroatoms. The zero-order valence-corrected chi connectivity index (χ0v) is 9.44. The van der Waals surface area contributed by atoms with E-state index < -0.39 is 0 Å². The van der Waals surface area contributed by atoms with Crippen LogP contribution in [0.15, 0.2) is 0 Å². The molecule has 0 radical (unpaired) electrons. The minimum Gasteiger partial charge on any atom is -0.330 e. The van der Waals surface area contributed by atoms with E-state index in [4.69, 9.17) is 5.73 Å². The third-order valence-corrected chi connectivity index (χ3v) is 4.44. The van der Waals surface area contributed by atoms with Crippen molar-refractivity contribution in [3.63, 3.8) is 0 Å². The lowest BCUT2D eigenvalue weighted by atomic mass is 9.77. The van der Waals surface area contributed by atoms with Crippen molar-refractivity contribution in [3.05, 3.63) is 0 Å². The maximum absolute atomic E-state index is 5.92. The first-order valence-electron chi connectivity index (χ1n) is 6.13. The van der Waals surface area contributed by atoms with Crippen LogP contribution in [0.25, 0.3) is 0 Å². The first kappa shape index (κ1) is 10.4. The first-order chi connectivity index (χ1) is 6.68. The number of nitrogens with one attached hydrogen (secondary N) is 1. The Bertz CT molecular complexity index is 190. The summed E-state index contributed by atoms with van der Waals surface area (Å²) in [5, 5.41) is 3.75. The molecule has 2 fully saturated rings. The van der Waals surface area contributed by atoms with Crippen LogP contribution in [0, 0.1) is 5.41 Å². The van der Waals surface area contributed by atoms with Gasteiger partial charge in [0.2, 0.25) is 0 Å². The number of nitrogens with two attached hydrogens (primary N) is 1. The van der Waals surface area contributed by atoms with Gasteiger partial charge < -0.3 is 11.1 Å². The fourth-order valence-corrected chi connectivity index (χ4v) is 2.86. The van der Waals surface area contributed by atoms with Gasteiger partial charge in [0.15, 0.2) is 0 Å². The van der Waals surface area contributed by atoms with Gasteiger partial charge in [0.25, 0.3) is 0 Å². The summed E-state index contributed by atoms with van der Waals surface area (Å²) in [7, 11) is 0. The van der Waals surface area contributed by atoms with E-state index in [-0.39, 0.29) is 0 Å². The fraction of sp³-hybridized carbons (Fsp3) is 1.00. The van der Waals surface area contributed by atoms with E-state index in [0.717, 1.165) is 13.1 Å². The van der Waals surface area contributed by atoms with Gasteiger partial charge in [0.1, 0.15) is 0 Å². The first-order valence-corrected chi connectivity index (χ1v) is 6.13. The Hall–Kier alpha value is -0.0800. The Morgan fingerprint density at radius 1 is 1.07 bits per heavy atom. The molecule has 2 aliphatic carbocycles. The Labute approximate surface area is 87.6 Å². The maximum atomic E-state index is 5.92. The number of rotatable bonds is 4. The molecule has 0 bridgehead atoms. The van der Waals surface area contributed by atoms with Crippen LogP contribution in [0.2, 0.25) is 0 Å². The van der Waals surface area contributed by atoms with E-state index in [1.807, 2.05) is 0 Å². The van der Waals surface area contributed by atoms with Crippen molar-refractivity contribution in [1.29, 1.82) is 0 Å². The molecule has 0 unspecified atom stereocenters. The van der Waals surface area contributed by atoms with Crippen LogP contribution in [0.3, 0.4) is 0 Å². The normalized spacial score (nSPS) is 28.7. The van der Waals surface area contributed by atoms with Gasteiger partial charge in [0.05, 0.1) is 0 Å². The SMILES string of the molecule is CC1(NCC2(CN)CCCC2)CCC1. The molecule has 82 valence electrons. The third-order valence-electron chi connectivity index (χ3n) is 4.44. The summed E-state index contributed by atoms with van der Waals surface area (Å²) >= 11 is 0. The van der Waals surface area contributed by atoms with Crippen LogP contribution in [-0.2, 0) is 0 Å². The number of hydrogen-bond acceptors (Lipinski definition) is 2. The molecule has 2 rings (SSSR count).